The first-order valence-corrected chi connectivity index (χ1v) is 7.08. The van der Waals surface area contributed by atoms with Crippen molar-refractivity contribution >= 4 is 44.4 Å². The van der Waals surface area contributed by atoms with Crippen LogP contribution in [0, 0.1) is 6.92 Å². The van der Waals surface area contributed by atoms with Crippen LogP contribution in [0.2, 0.25) is 0 Å². The molecule has 2 nitrogen and oxygen atoms in total. The van der Waals surface area contributed by atoms with Gasteiger partial charge in [0.25, 0.3) is 5.91 Å². The molecule has 0 heterocycles. The van der Waals surface area contributed by atoms with Gasteiger partial charge >= 0.3 is 0 Å². The minimum absolute atomic E-state index is 0.00424. The van der Waals surface area contributed by atoms with Crippen molar-refractivity contribution in [2.75, 3.05) is 11.0 Å². The lowest BCUT2D eigenvalue weighted by molar-refractivity contribution is 0.0953. The molecule has 0 bridgehead atoms. The Morgan fingerprint density at radius 2 is 2.27 bits per heavy atom. The van der Waals surface area contributed by atoms with E-state index in [1.165, 1.54) is 0 Å². The summed E-state index contributed by atoms with van der Waals surface area (Å²) in [5.74, 6) is -0.00424. The predicted octanol–water partition coefficient (Wildman–Crippen LogP) is 3.31. The molecule has 4 heteroatoms. The second-order valence-electron chi connectivity index (χ2n) is 3.23. The van der Waals surface area contributed by atoms with E-state index < -0.39 is 0 Å². The zero-order chi connectivity index (χ0) is 11.3. The lowest BCUT2D eigenvalue weighted by Gasteiger charge is -2.07. The minimum Gasteiger partial charge on any atom is -0.352 e. The molecule has 1 aromatic rings. The lowest BCUT2D eigenvalue weighted by Crippen LogP contribution is -2.25. The second-order valence-corrected chi connectivity index (χ2v) is 5.11. The van der Waals surface area contributed by atoms with Crippen LogP contribution in [0.1, 0.15) is 22.3 Å². The molecule has 82 valence electrons. The highest BCUT2D eigenvalue weighted by molar-refractivity contribution is 14.1. The summed E-state index contributed by atoms with van der Waals surface area (Å²) < 4.78 is 1.95. The lowest BCUT2D eigenvalue weighted by atomic mass is 10.1. The summed E-state index contributed by atoms with van der Waals surface area (Å²) in [4.78, 5) is 11.7. The van der Waals surface area contributed by atoms with Crippen LogP contribution in [0.15, 0.2) is 22.7 Å². The Hall–Kier alpha value is -0.100. The average Bonchev–Trinajstić information content (AvgIpc) is 2.22. The van der Waals surface area contributed by atoms with Gasteiger partial charge in [-0.2, -0.15) is 0 Å². The van der Waals surface area contributed by atoms with E-state index in [-0.39, 0.29) is 5.91 Å². The summed E-state index contributed by atoms with van der Waals surface area (Å²) in [7, 11) is 0. The summed E-state index contributed by atoms with van der Waals surface area (Å²) in [5, 5.41) is 2.89. The monoisotopic (exact) mass is 381 g/mol. The van der Waals surface area contributed by atoms with E-state index in [1.54, 1.807) is 0 Å². The number of halogens is 2. The number of carbonyl (C=O) groups is 1. The smallest absolute Gasteiger partial charge is 0.252 e. The highest BCUT2D eigenvalue weighted by Crippen LogP contribution is 2.20. The Morgan fingerprint density at radius 3 is 2.93 bits per heavy atom. The van der Waals surface area contributed by atoms with Gasteiger partial charge in [0, 0.05) is 15.4 Å². The van der Waals surface area contributed by atoms with Crippen molar-refractivity contribution in [1.82, 2.24) is 5.32 Å². The molecular formula is C11H13BrINO. The average molecular weight is 382 g/mol. The highest BCUT2D eigenvalue weighted by atomic mass is 127. The maximum absolute atomic E-state index is 11.7. The third kappa shape index (κ3) is 3.75. The van der Waals surface area contributed by atoms with Crippen molar-refractivity contribution in [2.24, 2.45) is 0 Å². The maximum Gasteiger partial charge on any atom is 0.252 e. The quantitative estimate of drug-likeness (QED) is 0.484. The zero-order valence-electron chi connectivity index (χ0n) is 8.52. The van der Waals surface area contributed by atoms with Gasteiger partial charge in [-0.1, -0.05) is 34.7 Å². The van der Waals surface area contributed by atoms with Crippen molar-refractivity contribution in [1.29, 1.82) is 0 Å². The van der Waals surface area contributed by atoms with Gasteiger partial charge in [0.2, 0.25) is 0 Å². The van der Waals surface area contributed by atoms with E-state index in [2.05, 4.69) is 43.8 Å². The first kappa shape index (κ1) is 13.0. The highest BCUT2D eigenvalue weighted by Gasteiger charge is 2.09. The molecule has 0 unspecified atom stereocenters. The van der Waals surface area contributed by atoms with Crippen LogP contribution in [0.4, 0.5) is 0 Å². The van der Waals surface area contributed by atoms with Gasteiger partial charge in [-0.3, -0.25) is 4.79 Å². The van der Waals surface area contributed by atoms with Crippen LogP contribution in [-0.4, -0.2) is 16.9 Å². The van der Waals surface area contributed by atoms with E-state index >= 15 is 0 Å². The SMILES string of the molecule is Cc1cccc(C(=O)NCCCI)c1Br. The van der Waals surface area contributed by atoms with Gasteiger partial charge in [0.15, 0.2) is 0 Å². The number of carbonyl (C=O) groups excluding carboxylic acids is 1. The Balaban J connectivity index is 2.69. The molecule has 15 heavy (non-hydrogen) atoms. The molecule has 0 aliphatic heterocycles. The normalized spacial score (nSPS) is 10.1. The number of alkyl halides is 1. The van der Waals surface area contributed by atoms with Crippen LogP contribution in [0.3, 0.4) is 0 Å². The van der Waals surface area contributed by atoms with E-state index in [9.17, 15) is 4.79 Å². The van der Waals surface area contributed by atoms with Crippen LogP contribution in [0.5, 0.6) is 0 Å². The first-order valence-electron chi connectivity index (χ1n) is 4.76. The fourth-order valence-corrected chi connectivity index (χ4v) is 2.01. The third-order valence-electron chi connectivity index (χ3n) is 2.03. The molecule has 1 aromatic carbocycles. The molecule has 1 amide bonds. The number of hydrogen-bond acceptors (Lipinski definition) is 1. The Kier molecular flexibility index (Phi) is 5.60. The molecule has 0 saturated carbocycles. The van der Waals surface area contributed by atoms with Gasteiger partial charge in [-0.05, 0) is 40.9 Å². The van der Waals surface area contributed by atoms with Crippen LogP contribution in [-0.2, 0) is 0 Å². The molecule has 1 rings (SSSR count). The molecule has 0 fully saturated rings. The molecule has 0 radical (unpaired) electrons. The number of benzene rings is 1. The largest absolute Gasteiger partial charge is 0.352 e. The predicted molar refractivity (Wildman–Crippen MR) is 74.7 cm³/mol. The number of amides is 1. The van der Waals surface area contributed by atoms with Crippen molar-refractivity contribution in [3.05, 3.63) is 33.8 Å². The van der Waals surface area contributed by atoms with E-state index in [0.29, 0.717) is 5.56 Å². The molecule has 0 saturated heterocycles. The summed E-state index contributed by atoms with van der Waals surface area (Å²) in [5.41, 5.74) is 1.79. The molecule has 0 spiro atoms. The second kappa shape index (κ2) is 6.48. The Labute approximate surface area is 112 Å². The fourth-order valence-electron chi connectivity index (χ4n) is 1.19. The zero-order valence-corrected chi connectivity index (χ0v) is 12.3. The minimum atomic E-state index is -0.00424. The summed E-state index contributed by atoms with van der Waals surface area (Å²) in [6.07, 6.45) is 1.01. The molecule has 1 N–H and O–H groups in total. The Bertz CT molecular complexity index is 354. The third-order valence-corrected chi connectivity index (χ3v) is 3.85. The molecule has 0 aromatic heterocycles. The van der Waals surface area contributed by atoms with E-state index in [0.717, 1.165) is 27.4 Å². The fraction of sp³-hybridized carbons (Fsp3) is 0.364. The standard InChI is InChI=1S/C11H13BrINO/c1-8-4-2-5-9(10(8)12)11(15)14-7-3-6-13/h2,4-5H,3,6-7H2,1H3,(H,14,15). The Morgan fingerprint density at radius 1 is 1.53 bits per heavy atom. The van der Waals surface area contributed by atoms with Crippen molar-refractivity contribution in [3.8, 4) is 0 Å². The van der Waals surface area contributed by atoms with Crippen LogP contribution in [0.25, 0.3) is 0 Å². The van der Waals surface area contributed by atoms with Crippen LogP contribution >= 0.6 is 38.5 Å². The number of rotatable bonds is 4. The summed E-state index contributed by atoms with van der Waals surface area (Å²) in [6.45, 7) is 2.72. The van der Waals surface area contributed by atoms with E-state index in [4.69, 9.17) is 0 Å². The van der Waals surface area contributed by atoms with Crippen molar-refractivity contribution < 1.29 is 4.79 Å². The van der Waals surface area contributed by atoms with Gasteiger partial charge in [0.1, 0.15) is 0 Å². The van der Waals surface area contributed by atoms with Gasteiger partial charge in [-0.15, -0.1) is 0 Å². The van der Waals surface area contributed by atoms with Gasteiger partial charge < -0.3 is 5.32 Å². The summed E-state index contributed by atoms with van der Waals surface area (Å²) >= 11 is 5.73. The first-order chi connectivity index (χ1) is 7.16. The molecule has 0 aliphatic rings. The van der Waals surface area contributed by atoms with Gasteiger partial charge in [0.05, 0.1) is 5.56 Å². The number of hydrogen-bond donors (Lipinski definition) is 1. The number of nitrogens with one attached hydrogen (secondary N) is 1. The van der Waals surface area contributed by atoms with Gasteiger partial charge in [-0.25, -0.2) is 0 Å². The number of aryl methyl sites for hydroxylation is 1. The maximum atomic E-state index is 11.7. The van der Waals surface area contributed by atoms with Crippen molar-refractivity contribution in [3.63, 3.8) is 0 Å². The molecule has 0 aliphatic carbocycles. The molecule has 0 atom stereocenters. The summed E-state index contributed by atoms with van der Waals surface area (Å²) in [6, 6.07) is 5.70. The van der Waals surface area contributed by atoms with E-state index in [1.807, 2.05) is 25.1 Å². The topological polar surface area (TPSA) is 29.1 Å². The molecular weight excluding hydrogens is 369 g/mol. The van der Waals surface area contributed by atoms with Crippen LogP contribution < -0.4 is 5.32 Å². The van der Waals surface area contributed by atoms with Crippen molar-refractivity contribution in [2.45, 2.75) is 13.3 Å².